The summed E-state index contributed by atoms with van der Waals surface area (Å²) in [5, 5.41) is 21.9. The standard InChI is InChI=1S/C28H22N2O6S2.C26H16F2N2O6S2.C26H16N4O10S2.C22H26N2O6S2/c1-17-7-11-19(12-8-17)37(33,34)15-23-24(16-38(35,36)20-13-9-18(2)10-14-20)30-26-25(29-23)27(31)21-5-3-4-6-22(21)28(26)32;27-15-5-9-17(10-6-15)37(33,34)13-21-22(14-38(35,36)18-11-7-16(28)8-12-18)30-24-23(29-21)25(31)19-3-1-2-4-20(19)26(24)32;31-25-19-3-1-2-4-20(19)26(32)24-23(25)27-21(13-41(37,38)17-9-5-15(6-10-17)29(33)34)22(28-24)14-42(39,40)18-11-7-16(8-12-18)30(35)36;1-3-5-11-31(27,28)13-17-18(14-32(29,30)12-6-4-2)24-20-19(23-17)21(25)15-9-7-8-10-16(15)22(20)26/h3-14H,15-16H2,1-2H3;1-12H,13-14H2;1-12H,13-14H2;7-10H,3-6,11-14H2,1-2H3. The zero-order chi connectivity index (χ0) is 108. The Morgan fingerprint density at radius 1 is 0.233 bits per heavy atom. The molecule has 0 aliphatic heterocycles. The average Bonchev–Trinajstić information content (AvgIpc) is 0.752. The summed E-state index contributed by atoms with van der Waals surface area (Å²) in [4.78, 5) is 158. The number of hydrogen-bond donors (Lipinski definition) is 0. The van der Waals surface area contributed by atoms with Gasteiger partial charge in [0.15, 0.2) is 78.7 Å². The van der Waals surface area contributed by atoms with Gasteiger partial charge < -0.3 is 0 Å². The second kappa shape index (κ2) is 43.1. The van der Waals surface area contributed by atoms with Gasteiger partial charge in [-0.3, -0.25) is 58.6 Å². The molecule has 4 heterocycles. The summed E-state index contributed by atoms with van der Waals surface area (Å²) in [6, 6.07) is 52.4. The number of nitrogens with zero attached hydrogens (tertiary/aromatic N) is 10. The van der Waals surface area contributed by atoms with Gasteiger partial charge in [0, 0.05) is 68.8 Å². The number of ketones is 8. The highest BCUT2D eigenvalue weighted by Crippen LogP contribution is 2.37. The first-order valence-corrected chi connectivity index (χ1v) is 58.6. The second-order valence-corrected chi connectivity index (χ2v) is 50.9. The number of sulfone groups is 8. The topological polar surface area (TPSA) is 599 Å². The zero-order valence-corrected chi connectivity index (χ0v) is 85.5. The molecule has 0 fully saturated rings. The van der Waals surface area contributed by atoms with Crippen molar-refractivity contribution in [2.75, 3.05) is 11.5 Å². The van der Waals surface area contributed by atoms with Crippen molar-refractivity contribution < 1.29 is 124 Å². The summed E-state index contributed by atoms with van der Waals surface area (Å²) in [6.45, 7) is 7.36. The van der Waals surface area contributed by atoms with Gasteiger partial charge in [0.2, 0.25) is 46.3 Å². The molecule has 0 saturated heterocycles. The minimum Gasteiger partial charge on any atom is -0.287 e. The highest BCUT2D eigenvalue weighted by Gasteiger charge is 2.42. The molecule has 0 atom stereocenters. The van der Waals surface area contributed by atoms with Crippen LogP contribution in [0.3, 0.4) is 0 Å². The molecule has 4 aliphatic rings. The number of fused-ring (bicyclic) bond motifs is 8. The lowest BCUT2D eigenvalue weighted by molar-refractivity contribution is -0.385. The molecular formula is C102H80F2N10O28S8. The third-order valence-electron chi connectivity index (χ3n) is 23.8. The summed E-state index contributed by atoms with van der Waals surface area (Å²) in [6.07, 6.45) is 2.26. The molecule has 0 unspecified atom stereocenters. The van der Waals surface area contributed by atoms with Crippen LogP contribution in [0.2, 0.25) is 0 Å². The number of halogens is 2. The van der Waals surface area contributed by atoms with Crippen LogP contribution >= 0.6 is 0 Å². The van der Waals surface area contributed by atoms with Gasteiger partial charge >= 0.3 is 0 Å². The van der Waals surface area contributed by atoms with Crippen LogP contribution in [0.1, 0.15) is 225 Å². The van der Waals surface area contributed by atoms with E-state index in [1.807, 2.05) is 27.7 Å². The van der Waals surface area contributed by atoms with Gasteiger partial charge in [0.1, 0.15) is 57.2 Å². The van der Waals surface area contributed by atoms with Crippen molar-refractivity contribution >= 4 is 136 Å². The number of benzene rings is 10. The van der Waals surface area contributed by atoms with E-state index < -0.39 is 227 Å². The van der Waals surface area contributed by atoms with Crippen molar-refractivity contribution in [1.82, 2.24) is 39.9 Å². The number of aryl methyl sites for hydroxylation is 2. The van der Waals surface area contributed by atoms with E-state index in [1.165, 1.54) is 84.9 Å². The van der Waals surface area contributed by atoms with E-state index in [-0.39, 0.29) is 154 Å². The minimum atomic E-state index is -4.32. The largest absolute Gasteiger partial charge is 0.287 e. The number of unbranched alkanes of at least 4 members (excludes halogenated alkanes) is 2. The smallest absolute Gasteiger partial charge is 0.269 e. The first kappa shape index (κ1) is 108. The Kier molecular flexibility index (Phi) is 31.2. The van der Waals surface area contributed by atoms with E-state index in [1.54, 1.807) is 60.7 Å². The highest BCUT2D eigenvalue weighted by molar-refractivity contribution is 7.92. The Labute approximate surface area is 855 Å². The summed E-state index contributed by atoms with van der Waals surface area (Å²) >= 11 is 0. The van der Waals surface area contributed by atoms with Gasteiger partial charge in [-0.25, -0.2) is 116 Å². The van der Waals surface area contributed by atoms with E-state index in [0.29, 0.717) is 25.7 Å². The van der Waals surface area contributed by atoms with Crippen LogP contribution in [0.25, 0.3) is 0 Å². The molecule has 0 N–H and O–H groups in total. The van der Waals surface area contributed by atoms with Crippen molar-refractivity contribution in [2.24, 2.45) is 0 Å². The maximum atomic E-state index is 13.4. The normalized spacial score (nSPS) is 13.2. The number of rotatable bonds is 30. The number of non-ortho nitro benzene ring substituents is 2. The third-order valence-corrected chi connectivity index (χ3v) is 36.9. The second-order valence-electron chi connectivity index (χ2n) is 34.6. The number of aromatic nitrogens is 8. The molecule has 768 valence electrons. The third kappa shape index (κ3) is 23.6. The predicted octanol–water partition coefficient (Wildman–Crippen LogP) is 13.0. The van der Waals surface area contributed by atoms with Crippen LogP contribution in [0.5, 0.6) is 0 Å². The summed E-state index contributed by atoms with van der Waals surface area (Å²) in [5.41, 5.74) is -3.16. The highest BCUT2D eigenvalue weighted by atomic mass is 32.2. The fourth-order valence-electron chi connectivity index (χ4n) is 15.9. The van der Waals surface area contributed by atoms with Crippen molar-refractivity contribution in [3.05, 3.63) is 421 Å². The number of nitro benzene ring substituents is 2. The van der Waals surface area contributed by atoms with Gasteiger partial charge in [0.05, 0.1) is 142 Å². The maximum absolute atomic E-state index is 13.4. The Bertz CT molecular complexity index is 8260. The molecule has 10 aromatic carbocycles. The first-order valence-electron chi connectivity index (χ1n) is 45.0. The van der Waals surface area contributed by atoms with Gasteiger partial charge in [-0.1, -0.05) is 159 Å². The molecular weight excluding hydrogens is 2110 g/mol. The average molecular weight is 2190 g/mol. The van der Waals surface area contributed by atoms with Crippen LogP contribution in [-0.4, -0.2) is 175 Å². The fourth-order valence-corrected chi connectivity index (χ4v) is 26.8. The minimum absolute atomic E-state index is 0.0136. The lowest BCUT2D eigenvalue weighted by Crippen LogP contribution is -2.27. The van der Waals surface area contributed by atoms with Gasteiger partial charge in [-0.15, -0.1) is 0 Å². The van der Waals surface area contributed by atoms with E-state index in [2.05, 4.69) is 39.9 Å². The van der Waals surface area contributed by atoms with Gasteiger partial charge in [0.25, 0.3) is 11.4 Å². The molecule has 150 heavy (non-hydrogen) atoms. The van der Waals surface area contributed by atoms with Crippen molar-refractivity contribution in [3.63, 3.8) is 0 Å². The fraction of sp³-hybridized carbons (Fsp3) is 0.176. The molecule has 18 rings (SSSR count). The molecule has 0 radical (unpaired) electrons. The van der Waals surface area contributed by atoms with Crippen LogP contribution < -0.4 is 0 Å². The quantitative estimate of drug-likeness (QED) is 0.0229. The molecule has 0 amide bonds. The summed E-state index contributed by atoms with van der Waals surface area (Å²) in [5.74, 6) is -12.6. The molecule has 0 bridgehead atoms. The predicted molar refractivity (Wildman–Crippen MR) is 533 cm³/mol. The van der Waals surface area contributed by atoms with E-state index >= 15 is 0 Å². The number of nitro groups is 2. The van der Waals surface area contributed by atoms with Crippen molar-refractivity contribution in [1.29, 1.82) is 0 Å². The molecule has 48 heteroatoms. The maximum Gasteiger partial charge on any atom is 0.269 e. The number of carbonyl (C=O) groups is 8. The number of carbonyl (C=O) groups excluding carboxylic acids is 8. The Balaban J connectivity index is 0.000000150. The Morgan fingerprint density at radius 2 is 0.387 bits per heavy atom. The molecule has 14 aromatic rings. The monoisotopic (exact) mass is 2190 g/mol. The Morgan fingerprint density at radius 3 is 0.547 bits per heavy atom. The lowest BCUT2D eigenvalue weighted by atomic mass is 9.89. The SMILES string of the molecule is CCCCS(=O)(=O)Cc1nc2c(nc1CS(=O)(=O)CCCC)C(=O)c1ccccc1C2=O.Cc1ccc(S(=O)(=O)Cc2nc3c(nc2CS(=O)(=O)c2ccc(C)cc2)C(=O)c2ccccc2C3=O)cc1.O=C1c2ccccc2C(=O)c2nc(CS(=O)(=O)c3ccc(F)cc3)c(CS(=O)(=O)c3ccc(F)cc3)nc21.O=C1c2ccccc2C(=O)c2nc(CS(=O)(=O)c3ccc([N+](=O)[O-])cc3)c(CS(=O)(=O)c3ccc([N+](=O)[O-])cc3)nc21. The summed E-state index contributed by atoms with van der Waals surface area (Å²) < 4.78 is 236. The van der Waals surface area contributed by atoms with Crippen LogP contribution in [0.15, 0.2) is 272 Å². The zero-order valence-electron chi connectivity index (χ0n) is 78.9. The molecule has 4 aliphatic carbocycles. The molecule has 4 aromatic heterocycles. The van der Waals surface area contributed by atoms with Crippen LogP contribution in [0.4, 0.5) is 20.2 Å². The van der Waals surface area contributed by atoms with Gasteiger partial charge in [-0.05, 0) is 124 Å². The molecule has 38 nitrogen and oxygen atoms in total. The van der Waals surface area contributed by atoms with Crippen molar-refractivity contribution in [2.45, 2.75) is 129 Å². The lowest BCUT2D eigenvalue weighted by Gasteiger charge is -2.19. The van der Waals surface area contributed by atoms with Crippen LogP contribution in [0, 0.1) is 45.7 Å². The van der Waals surface area contributed by atoms with Crippen molar-refractivity contribution in [3.8, 4) is 0 Å². The van der Waals surface area contributed by atoms with E-state index in [4.69, 9.17) is 0 Å². The molecule has 0 spiro atoms. The Hall–Kier alpha value is -15.9. The molecule has 0 saturated carbocycles. The van der Waals surface area contributed by atoms with Crippen LogP contribution in [-0.2, 0) is 125 Å². The van der Waals surface area contributed by atoms with E-state index in [9.17, 15) is 135 Å². The number of hydrogen-bond acceptors (Lipinski definition) is 36. The first-order chi connectivity index (χ1) is 70.8. The van der Waals surface area contributed by atoms with E-state index in [0.717, 1.165) is 108 Å². The summed E-state index contributed by atoms with van der Waals surface area (Å²) in [7, 11) is -32.2. The van der Waals surface area contributed by atoms with Gasteiger partial charge in [-0.2, -0.15) is 0 Å².